The molecule has 0 bridgehead atoms. The number of rotatable bonds is 3. The molecule has 1 aromatic carbocycles. The van der Waals surface area contributed by atoms with Crippen LogP contribution in [0.3, 0.4) is 0 Å². The van der Waals surface area contributed by atoms with Gasteiger partial charge in [-0.1, -0.05) is 30.3 Å². The maximum absolute atomic E-state index is 12.7. The number of aromatic nitrogens is 2. The van der Waals surface area contributed by atoms with E-state index in [2.05, 4.69) is 14.9 Å². The van der Waals surface area contributed by atoms with Crippen LogP contribution in [0.5, 0.6) is 0 Å². The van der Waals surface area contributed by atoms with Gasteiger partial charge in [0, 0.05) is 57.8 Å². The lowest BCUT2D eigenvalue weighted by Crippen LogP contribution is -2.58. The summed E-state index contributed by atoms with van der Waals surface area (Å²) >= 11 is 0. The smallest absolute Gasteiger partial charge is 0.229 e. The van der Waals surface area contributed by atoms with E-state index in [9.17, 15) is 9.59 Å². The highest BCUT2D eigenvalue weighted by Gasteiger charge is 2.37. The molecule has 0 unspecified atom stereocenters. The summed E-state index contributed by atoms with van der Waals surface area (Å²) in [5.74, 6) is 1.13. The molecule has 2 aliphatic rings. The Bertz CT molecular complexity index is 827. The standard InChI is InChI=1S/C20H23N5O2/c1-15(26)23-7-9-24(10-8-23)20(27)17-12-25(13-17)19-11-18(21-14-22-19)16-5-3-2-4-6-16/h2-6,11,14,17H,7-10,12-13H2,1H3. The molecule has 2 aromatic rings. The van der Waals surface area contributed by atoms with Crippen LogP contribution in [-0.4, -0.2) is 70.9 Å². The van der Waals surface area contributed by atoms with E-state index in [0.717, 1.165) is 17.1 Å². The van der Waals surface area contributed by atoms with E-state index in [1.54, 1.807) is 18.2 Å². The summed E-state index contributed by atoms with van der Waals surface area (Å²) in [4.78, 5) is 38.6. The summed E-state index contributed by atoms with van der Waals surface area (Å²) in [7, 11) is 0. The van der Waals surface area contributed by atoms with Crippen LogP contribution in [0.15, 0.2) is 42.7 Å². The molecule has 140 valence electrons. The first-order valence-corrected chi connectivity index (χ1v) is 9.28. The van der Waals surface area contributed by atoms with Crippen molar-refractivity contribution in [1.29, 1.82) is 0 Å². The Hall–Kier alpha value is -2.96. The molecule has 2 fully saturated rings. The molecule has 2 amide bonds. The van der Waals surface area contributed by atoms with Crippen LogP contribution in [0.25, 0.3) is 11.3 Å². The van der Waals surface area contributed by atoms with E-state index in [1.807, 2.05) is 41.3 Å². The first-order chi connectivity index (χ1) is 13.1. The molecule has 4 rings (SSSR count). The summed E-state index contributed by atoms with van der Waals surface area (Å²) < 4.78 is 0. The van der Waals surface area contributed by atoms with Crippen LogP contribution >= 0.6 is 0 Å². The van der Waals surface area contributed by atoms with Crippen molar-refractivity contribution in [2.45, 2.75) is 6.92 Å². The van der Waals surface area contributed by atoms with Crippen molar-refractivity contribution in [1.82, 2.24) is 19.8 Å². The van der Waals surface area contributed by atoms with Crippen molar-refractivity contribution in [3.8, 4) is 11.3 Å². The normalized spacial score (nSPS) is 17.6. The van der Waals surface area contributed by atoms with Gasteiger partial charge in [0.15, 0.2) is 0 Å². The first-order valence-electron chi connectivity index (χ1n) is 9.28. The number of benzene rings is 1. The third kappa shape index (κ3) is 3.63. The highest BCUT2D eigenvalue weighted by molar-refractivity contribution is 5.82. The van der Waals surface area contributed by atoms with Gasteiger partial charge < -0.3 is 14.7 Å². The lowest BCUT2D eigenvalue weighted by molar-refractivity contribution is -0.141. The number of hydrogen-bond donors (Lipinski definition) is 0. The van der Waals surface area contributed by atoms with Gasteiger partial charge in [0.1, 0.15) is 12.1 Å². The molecule has 0 saturated carbocycles. The minimum atomic E-state index is 0.00372. The lowest BCUT2D eigenvalue weighted by atomic mass is 9.97. The fourth-order valence-electron chi connectivity index (χ4n) is 3.61. The van der Waals surface area contributed by atoms with Crippen molar-refractivity contribution in [3.05, 3.63) is 42.7 Å². The van der Waals surface area contributed by atoms with Gasteiger partial charge in [-0.2, -0.15) is 0 Å². The molecule has 3 heterocycles. The molecule has 0 aliphatic carbocycles. The SMILES string of the molecule is CC(=O)N1CCN(C(=O)C2CN(c3cc(-c4ccccc4)ncn3)C2)CC1. The molecule has 27 heavy (non-hydrogen) atoms. The minimum absolute atomic E-state index is 0.00372. The van der Waals surface area contributed by atoms with Crippen molar-refractivity contribution in [2.24, 2.45) is 5.92 Å². The molecular formula is C20H23N5O2. The Balaban J connectivity index is 1.35. The zero-order chi connectivity index (χ0) is 18.8. The van der Waals surface area contributed by atoms with Crippen LogP contribution in [0, 0.1) is 5.92 Å². The highest BCUT2D eigenvalue weighted by atomic mass is 16.2. The molecule has 0 N–H and O–H groups in total. The third-order valence-electron chi connectivity index (χ3n) is 5.31. The lowest BCUT2D eigenvalue weighted by Gasteiger charge is -2.43. The zero-order valence-electron chi connectivity index (χ0n) is 15.4. The fourth-order valence-corrected chi connectivity index (χ4v) is 3.61. The quantitative estimate of drug-likeness (QED) is 0.819. The molecular weight excluding hydrogens is 342 g/mol. The van der Waals surface area contributed by atoms with E-state index >= 15 is 0 Å². The number of hydrogen-bond acceptors (Lipinski definition) is 5. The number of anilines is 1. The fraction of sp³-hybridized carbons (Fsp3) is 0.400. The number of amides is 2. The molecule has 0 spiro atoms. The van der Waals surface area contributed by atoms with Gasteiger partial charge in [-0.3, -0.25) is 9.59 Å². The van der Waals surface area contributed by atoms with Gasteiger partial charge in [0.25, 0.3) is 0 Å². The maximum atomic E-state index is 12.7. The molecule has 2 aliphatic heterocycles. The van der Waals surface area contributed by atoms with Gasteiger partial charge in [-0.05, 0) is 0 Å². The van der Waals surface area contributed by atoms with Gasteiger partial charge in [0.05, 0.1) is 11.6 Å². The number of piperazine rings is 1. The van der Waals surface area contributed by atoms with Gasteiger partial charge >= 0.3 is 0 Å². The highest BCUT2D eigenvalue weighted by Crippen LogP contribution is 2.27. The summed E-state index contributed by atoms with van der Waals surface area (Å²) in [6.45, 7) is 5.44. The van der Waals surface area contributed by atoms with Crippen molar-refractivity contribution < 1.29 is 9.59 Å². The largest absolute Gasteiger partial charge is 0.355 e. The van der Waals surface area contributed by atoms with Crippen LogP contribution in [0.4, 0.5) is 5.82 Å². The molecule has 7 heteroatoms. The Morgan fingerprint density at radius 2 is 1.63 bits per heavy atom. The monoisotopic (exact) mass is 365 g/mol. The van der Waals surface area contributed by atoms with E-state index < -0.39 is 0 Å². The summed E-state index contributed by atoms with van der Waals surface area (Å²) in [6, 6.07) is 12.0. The summed E-state index contributed by atoms with van der Waals surface area (Å²) in [5.41, 5.74) is 1.94. The molecule has 7 nitrogen and oxygen atoms in total. The van der Waals surface area contributed by atoms with E-state index in [4.69, 9.17) is 0 Å². The molecule has 1 aromatic heterocycles. The van der Waals surface area contributed by atoms with Crippen molar-refractivity contribution >= 4 is 17.6 Å². The van der Waals surface area contributed by atoms with E-state index in [0.29, 0.717) is 39.3 Å². The van der Waals surface area contributed by atoms with Gasteiger partial charge in [0.2, 0.25) is 11.8 Å². The third-order valence-corrected chi connectivity index (χ3v) is 5.31. The van der Waals surface area contributed by atoms with E-state index in [1.165, 1.54) is 0 Å². The second-order valence-electron chi connectivity index (χ2n) is 7.06. The number of carbonyl (C=O) groups is 2. The average Bonchev–Trinajstić information content (AvgIpc) is 2.68. The van der Waals surface area contributed by atoms with Gasteiger partial charge in [-0.15, -0.1) is 0 Å². The Kier molecular flexibility index (Phi) is 4.75. The zero-order valence-corrected chi connectivity index (χ0v) is 15.4. The Morgan fingerprint density at radius 3 is 2.30 bits per heavy atom. The van der Waals surface area contributed by atoms with Crippen molar-refractivity contribution in [2.75, 3.05) is 44.2 Å². The Morgan fingerprint density at radius 1 is 0.963 bits per heavy atom. The molecule has 0 radical (unpaired) electrons. The average molecular weight is 365 g/mol. The summed E-state index contributed by atoms with van der Waals surface area (Å²) in [6.07, 6.45) is 1.58. The topological polar surface area (TPSA) is 69.6 Å². The van der Waals surface area contributed by atoms with Crippen LogP contribution < -0.4 is 4.90 Å². The van der Waals surface area contributed by atoms with Crippen LogP contribution in [-0.2, 0) is 9.59 Å². The second-order valence-corrected chi connectivity index (χ2v) is 7.06. The second kappa shape index (κ2) is 7.34. The van der Waals surface area contributed by atoms with E-state index in [-0.39, 0.29) is 17.7 Å². The van der Waals surface area contributed by atoms with Crippen LogP contribution in [0.1, 0.15) is 6.92 Å². The number of nitrogens with zero attached hydrogens (tertiary/aromatic N) is 5. The predicted molar refractivity (Wildman–Crippen MR) is 102 cm³/mol. The Labute approximate surface area is 158 Å². The molecule has 0 atom stereocenters. The first kappa shape index (κ1) is 17.5. The van der Waals surface area contributed by atoms with Gasteiger partial charge in [-0.25, -0.2) is 9.97 Å². The van der Waals surface area contributed by atoms with Crippen molar-refractivity contribution in [3.63, 3.8) is 0 Å². The summed E-state index contributed by atoms with van der Waals surface area (Å²) in [5, 5.41) is 0. The number of carbonyl (C=O) groups excluding carboxylic acids is 2. The minimum Gasteiger partial charge on any atom is -0.355 e. The molecule has 2 saturated heterocycles. The predicted octanol–water partition coefficient (Wildman–Crippen LogP) is 1.27. The van der Waals surface area contributed by atoms with Crippen LogP contribution in [0.2, 0.25) is 0 Å². The maximum Gasteiger partial charge on any atom is 0.229 e.